The van der Waals surface area contributed by atoms with Crippen LogP contribution in [0.5, 0.6) is 0 Å². The molecule has 0 spiro atoms. The first-order chi connectivity index (χ1) is 9.24. The summed E-state index contributed by atoms with van der Waals surface area (Å²) in [7, 11) is 0. The molecule has 1 aromatic carbocycles. The zero-order valence-corrected chi connectivity index (χ0v) is 10.4. The van der Waals surface area contributed by atoms with E-state index in [1.807, 2.05) is 36.5 Å². The van der Waals surface area contributed by atoms with Crippen LogP contribution in [0.15, 0.2) is 36.5 Å². The maximum Gasteiger partial charge on any atom is 0.113 e. The van der Waals surface area contributed by atoms with E-state index >= 15 is 0 Å². The Bertz CT molecular complexity index is 543. The fourth-order valence-corrected chi connectivity index (χ4v) is 2.18. The van der Waals surface area contributed by atoms with Crippen molar-refractivity contribution in [2.75, 3.05) is 6.61 Å². The van der Waals surface area contributed by atoms with Gasteiger partial charge < -0.3 is 15.6 Å². The summed E-state index contributed by atoms with van der Waals surface area (Å²) in [5, 5.41) is 17.7. The predicted molar refractivity (Wildman–Crippen MR) is 69.2 cm³/mol. The lowest BCUT2D eigenvalue weighted by molar-refractivity contribution is 0.0759. The Morgan fingerprint density at radius 3 is 2.84 bits per heavy atom. The lowest BCUT2D eigenvalue weighted by atomic mass is 10.1. The van der Waals surface area contributed by atoms with Crippen LogP contribution in [-0.2, 0) is 11.3 Å². The van der Waals surface area contributed by atoms with Crippen molar-refractivity contribution in [2.45, 2.75) is 24.8 Å². The quantitative estimate of drug-likeness (QED) is 0.813. The molecule has 0 amide bonds. The molecule has 6 nitrogen and oxygen atoms in total. The molecule has 2 aromatic rings. The molecule has 3 N–H and O–H groups in total. The Morgan fingerprint density at radius 1 is 1.37 bits per heavy atom. The van der Waals surface area contributed by atoms with Gasteiger partial charge in [-0.05, 0) is 0 Å². The topological polar surface area (TPSA) is 86.2 Å². The van der Waals surface area contributed by atoms with Crippen molar-refractivity contribution in [1.29, 1.82) is 0 Å². The number of aliphatic hydroxyl groups excluding tert-OH is 1. The SMILES string of the molecule is N[C@@H]1[C@@H](O)CO[C@@H]1Cn1cc(-c2ccccc2)nn1. The number of rotatable bonds is 3. The lowest BCUT2D eigenvalue weighted by Gasteiger charge is -2.14. The summed E-state index contributed by atoms with van der Waals surface area (Å²) in [6.07, 6.45) is 1.04. The summed E-state index contributed by atoms with van der Waals surface area (Å²) in [6.45, 7) is 0.782. The third kappa shape index (κ3) is 2.51. The molecule has 0 radical (unpaired) electrons. The van der Waals surface area contributed by atoms with Crippen LogP contribution < -0.4 is 5.73 Å². The van der Waals surface area contributed by atoms with Crippen LogP contribution in [0.25, 0.3) is 11.3 Å². The molecule has 0 saturated carbocycles. The number of aliphatic hydroxyl groups is 1. The van der Waals surface area contributed by atoms with Gasteiger partial charge in [-0.25, -0.2) is 4.68 Å². The Hall–Kier alpha value is -1.76. The van der Waals surface area contributed by atoms with Crippen molar-refractivity contribution in [1.82, 2.24) is 15.0 Å². The van der Waals surface area contributed by atoms with E-state index in [0.717, 1.165) is 11.3 Å². The minimum absolute atomic E-state index is 0.222. The standard InChI is InChI=1S/C13H16N4O2/c14-13-11(18)8-19-12(13)7-17-6-10(15-16-17)9-4-2-1-3-5-9/h1-6,11-13,18H,7-8,14H2/t11-,12+,13+/m0/s1. The summed E-state index contributed by atoms with van der Waals surface area (Å²) >= 11 is 0. The van der Waals surface area contributed by atoms with Crippen LogP contribution >= 0.6 is 0 Å². The van der Waals surface area contributed by atoms with Gasteiger partial charge in [-0.3, -0.25) is 0 Å². The van der Waals surface area contributed by atoms with Crippen LogP contribution in [0, 0.1) is 0 Å². The average molecular weight is 260 g/mol. The fraction of sp³-hybridized carbons (Fsp3) is 0.385. The van der Waals surface area contributed by atoms with E-state index in [2.05, 4.69) is 10.3 Å². The van der Waals surface area contributed by atoms with Crippen molar-refractivity contribution >= 4 is 0 Å². The van der Waals surface area contributed by atoms with Gasteiger partial charge in [0.15, 0.2) is 0 Å². The molecule has 1 aliphatic rings. The van der Waals surface area contributed by atoms with Gasteiger partial charge in [0.2, 0.25) is 0 Å². The Morgan fingerprint density at radius 2 is 2.16 bits per heavy atom. The summed E-state index contributed by atoms with van der Waals surface area (Å²) in [6, 6.07) is 9.47. The molecular formula is C13H16N4O2. The number of hydrogen-bond donors (Lipinski definition) is 2. The number of aromatic nitrogens is 3. The summed E-state index contributed by atoms with van der Waals surface area (Å²) in [5.74, 6) is 0. The van der Waals surface area contributed by atoms with Crippen molar-refractivity contribution in [3.63, 3.8) is 0 Å². The molecule has 6 heteroatoms. The van der Waals surface area contributed by atoms with E-state index in [0.29, 0.717) is 6.54 Å². The van der Waals surface area contributed by atoms with E-state index < -0.39 is 6.10 Å². The van der Waals surface area contributed by atoms with E-state index in [1.54, 1.807) is 4.68 Å². The summed E-state index contributed by atoms with van der Waals surface area (Å²) in [4.78, 5) is 0. The molecule has 1 saturated heterocycles. The zero-order valence-electron chi connectivity index (χ0n) is 10.4. The van der Waals surface area contributed by atoms with Gasteiger partial charge in [0.1, 0.15) is 5.69 Å². The highest BCUT2D eigenvalue weighted by molar-refractivity contribution is 5.57. The van der Waals surface area contributed by atoms with Gasteiger partial charge in [-0.15, -0.1) is 5.10 Å². The third-order valence-corrected chi connectivity index (χ3v) is 3.33. The monoisotopic (exact) mass is 260 g/mol. The second-order valence-corrected chi connectivity index (χ2v) is 4.71. The number of benzene rings is 1. The number of nitrogens with zero attached hydrogens (tertiary/aromatic N) is 3. The molecule has 0 unspecified atom stereocenters. The molecular weight excluding hydrogens is 244 g/mol. The van der Waals surface area contributed by atoms with E-state index in [-0.39, 0.29) is 18.8 Å². The fourth-order valence-electron chi connectivity index (χ4n) is 2.18. The molecule has 19 heavy (non-hydrogen) atoms. The molecule has 1 aromatic heterocycles. The number of ether oxygens (including phenoxy) is 1. The minimum atomic E-state index is -0.595. The van der Waals surface area contributed by atoms with Crippen LogP contribution in [0.3, 0.4) is 0 Å². The normalized spacial score (nSPS) is 26.7. The first-order valence-corrected chi connectivity index (χ1v) is 6.25. The van der Waals surface area contributed by atoms with E-state index in [1.165, 1.54) is 0 Å². The highest BCUT2D eigenvalue weighted by Crippen LogP contribution is 2.17. The molecule has 3 rings (SSSR count). The molecule has 0 bridgehead atoms. The van der Waals surface area contributed by atoms with Gasteiger partial charge in [0.05, 0.1) is 37.6 Å². The van der Waals surface area contributed by atoms with Gasteiger partial charge >= 0.3 is 0 Å². The number of nitrogens with two attached hydrogens (primary N) is 1. The lowest BCUT2D eigenvalue weighted by Crippen LogP contribution is -2.40. The highest BCUT2D eigenvalue weighted by atomic mass is 16.5. The van der Waals surface area contributed by atoms with Crippen LogP contribution in [0.1, 0.15) is 0 Å². The minimum Gasteiger partial charge on any atom is -0.389 e. The smallest absolute Gasteiger partial charge is 0.113 e. The van der Waals surface area contributed by atoms with Crippen molar-refractivity contribution in [3.8, 4) is 11.3 Å². The van der Waals surface area contributed by atoms with Crippen molar-refractivity contribution in [2.24, 2.45) is 5.73 Å². The van der Waals surface area contributed by atoms with Gasteiger partial charge in [0.25, 0.3) is 0 Å². The maximum atomic E-state index is 9.53. The maximum absolute atomic E-state index is 9.53. The second-order valence-electron chi connectivity index (χ2n) is 4.71. The molecule has 2 heterocycles. The van der Waals surface area contributed by atoms with Gasteiger partial charge in [-0.1, -0.05) is 35.5 Å². The molecule has 100 valence electrons. The molecule has 1 aliphatic heterocycles. The zero-order chi connectivity index (χ0) is 13.2. The predicted octanol–water partition coefficient (Wildman–Crippen LogP) is 0.0321. The first-order valence-electron chi connectivity index (χ1n) is 6.25. The summed E-state index contributed by atoms with van der Waals surface area (Å²) < 4.78 is 7.13. The van der Waals surface area contributed by atoms with Crippen molar-refractivity contribution < 1.29 is 9.84 Å². The van der Waals surface area contributed by atoms with E-state index in [4.69, 9.17) is 10.5 Å². The van der Waals surface area contributed by atoms with E-state index in [9.17, 15) is 5.11 Å². The molecule has 1 fully saturated rings. The van der Waals surface area contributed by atoms with Crippen molar-refractivity contribution in [3.05, 3.63) is 36.5 Å². The van der Waals surface area contributed by atoms with Crippen LogP contribution in [0.2, 0.25) is 0 Å². The third-order valence-electron chi connectivity index (χ3n) is 3.33. The van der Waals surface area contributed by atoms with Gasteiger partial charge in [-0.2, -0.15) is 0 Å². The number of hydrogen-bond acceptors (Lipinski definition) is 5. The Labute approximate surface area is 110 Å². The Balaban J connectivity index is 1.72. The molecule has 3 atom stereocenters. The first kappa shape index (κ1) is 12.3. The van der Waals surface area contributed by atoms with Crippen LogP contribution in [0.4, 0.5) is 0 Å². The molecule has 0 aliphatic carbocycles. The summed E-state index contributed by atoms with van der Waals surface area (Å²) in [5.41, 5.74) is 7.68. The Kier molecular flexibility index (Phi) is 3.29. The average Bonchev–Trinajstić information content (AvgIpc) is 3.02. The van der Waals surface area contributed by atoms with Crippen LogP contribution in [-0.4, -0.2) is 45.0 Å². The second kappa shape index (κ2) is 5.08. The largest absolute Gasteiger partial charge is 0.389 e. The van der Waals surface area contributed by atoms with Gasteiger partial charge in [0, 0.05) is 5.56 Å². The highest BCUT2D eigenvalue weighted by Gasteiger charge is 2.33.